The summed E-state index contributed by atoms with van der Waals surface area (Å²) in [6.07, 6.45) is 0. The Morgan fingerprint density at radius 2 is 0.804 bits per heavy atom. The maximum atomic E-state index is 16.0. The molecule has 10 rings (SSSR count). The van der Waals surface area contributed by atoms with Gasteiger partial charge in [0.2, 0.25) is 0 Å². The lowest BCUT2D eigenvalue weighted by Gasteiger charge is -2.20. The first-order valence-corrected chi connectivity index (χ1v) is 15.6. The van der Waals surface area contributed by atoms with Crippen molar-refractivity contribution in [2.75, 3.05) is 0 Å². The van der Waals surface area contributed by atoms with Crippen LogP contribution in [0.3, 0.4) is 0 Å². The van der Waals surface area contributed by atoms with Gasteiger partial charge in [-0.1, -0.05) is 133 Å². The minimum Gasteiger partial charge on any atom is -0.455 e. The van der Waals surface area contributed by atoms with Crippen molar-refractivity contribution in [1.82, 2.24) is 0 Å². The van der Waals surface area contributed by atoms with Gasteiger partial charge >= 0.3 is 0 Å². The Morgan fingerprint density at radius 1 is 0.348 bits per heavy atom. The summed E-state index contributed by atoms with van der Waals surface area (Å²) in [6, 6.07) is 52.4. The lowest BCUT2D eigenvalue weighted by molar-refractivity contribution is 0.651. The van der Waals surface area contributed by atoms with E-state index in [1.165, 1.54) is 10.9 Å². The van der Waals surface area contributed by atoms with Crippen molar-refractivity contribution in [3.05, 3.63) is 157 Å². The van der Waals surface area contributed by atoms with Crippen LogP contribution in [0.5, 0.6) is 0 Å². The normalized spacial score (nSPS) is 12.0. The fourth-order valence-electron chi connectivity index (χ4n) is 7.71. The van der Waals surface area contributed by atoms with Crippen LogP contribution < -0.4 is 0 Å². The second-order valence-electron chi connectivity index (χ2n) is 12.1. The first-order valence-electron chi connectivity index (χ1n) is 15.6. The summed E-state index contributed by atoms with van der Waals surface area (Å²) in [5, 5.41) is 12.2. The van der Waals surface area contributed by atoms with Gasteiger partial charge in [-0.25, -0.2) is 4.39 Å². The van der Waals surface area contributed by atoms with E-state index in [4.69, 9.17) is 4.42 Å². The molecule has 0 radical (unpaired) electrons. The number of benzene rings is 9. The Morgan fingerprint density at radius 3 is 1.37 bits per heavy atom. The van der Waals surface area contributed by atoms with Gasteiger partial charge < -0.3 is 4.42 Å². The maximum absolute atomic E-state index is 16.0. The molecular formula is C44H25FO. The summed E-state index contributed by atoms with van der Waals surface area (Å²) in [5.41, 5.74) is 6.31. The molecule has 1 aromatic heterocycles. The fourth-order valence-corrected chi connectivity index (χ4v) is 7.71. The smallest absolute Gasteiger partial charge is 0.143 e. The Bertz CT molecular complexity index is 2760. The Kier molecular flexibility index (Phi) is 5.24. The van der Waals surface area contributed by atoms with E-state index < -0.39 is 0 Å². The van der Waals surface area contributed by atoms with Crippen LogP contribution in [0, 0.1) is 5.82 Å². The van der Waals surface area contributed by atoms with E-state index in [0.717, 1.165) is 76.3 Å². The van der Waals surface area contributed by atoms with Gasteiger partial charge in [0.05, 0.1) is 0 Å². The van der Waals surface area contributed by atoms with Crippen LogP contribution in [0.1, 0.15) is 0 Å². The first kappa shape index (κ1) is 25.3. The van der Waals surface area contributed by atoms with Gasteiger partial charge in [0, 0.05) is 26.9 Å². The molecule has 0 unspecified atom stereocenters. The molecule has 46 heavy (non-hydrogen) atoms. The summed E-state index contributed by atoms with van der Waals surface area (Å²) in [5.74, 6) is -0.173. The van der Waals surface area contributed by atoms with E-state index in [1.54, 1.807) is 0 Å². The number of fused-ring (bicyclic) bond motifs is 9. The molecule has 0 fully saturated rings. The van der Waals surface area contributed by atoms with Crippen LogP contribution >= 0.6 is 0 Å². The number of rotatable bonds is 2. The van der Waals surface area contributed by atoms with Gasteiger partial charge in [0.1, 0.15) is 17.0 Å². The molecule has 0 spiro atoms. The minimum absolute atomic E-state index is 0.173. The molecule has 2 heteroatoms. The highest BCUT2D eigenvalue weighted by molar-refractivity contribution is 6.28. The van der Waals surface area contributed by atoms with Crippen LogP contribution in [-0.2, 0) is 0 Å². The Balaban J connectivity index is 1.34. The average molecular weight is 589 g/mol. The lowest BCUT2D eigenvalue weighted by atomic mass is 9.82. The van der Waals surface area contributed by atoms with Gasteiger partial charge in [-0.3, -0.25) is 0 Å². The van der Waals surface area contributed by atoms with Crippen molar-refractivity contribution in [1.29, 1.82) is 0 Å². The van der Waals surface area contributed by atoms with Crippen LogP contribution in [0.2, 0.25) is 0 Å². The summed E-state index contributed by atoms with van der Waals surface area (Å²) in [7, 11) is 0. The third kappa shape index (κ3) is 3.44. The topological polar surface area (TPSA) is 13.1 Å². The maximum Gasteiger partial charge on any atom is 0.143 e. The van der Waals surface area contributed by atoms with Crippen LogP contribution in [0.4, 0.5) is 4.39 Å². The molecule has 10 aromatic rings. The summed E-state index contributed by atoms with van der Waals surface area (Å²) in [4.78, 5) is 0. The van der Waals surface area contributed by atoms with Crippen molar-refractivity contribution in [2.24, 2.45) is 0 Å². The fraction of sp³-hybridized carbons (Fsp3) is 0. The van der Waals surface area contributed by atoms with E-state index >= 15 is 4.39 Å². The zero-order valence-electron chi connectivity index (χ0n) is 24.7. The Hall–Kier alpha value is -5.99. The minimum atomic E-state index is -0.173. The number of hydrogen-bond donors (Lipinski definition) is 0. The number of halogens is 1. The van der Waals surface area contributed by atoms with Crippen LogP contribution in [-0.4, -0.2) is 0 Å². The summed E-state index contributed by atoms with van der Waals surface area (Å²) < 4.78 is 22.4. The summed E-state index contributed by atoms with van der Waals surface area (Å²) in [6.45, 7) is 0. The SMILES string of the molecule is Fc1c2ccccc2c(-c2c3ccccc3c(-c3ccc4oc5c6ccccc6ccc5c4c3)c3ccccc23)c2ccccc12. The van der Waals surface area contributed by atoms with E-state index in [-0.39, 0.29) is 5.82 Å². The third-order valence-electron chi connectivity index (χ3n) is 9.70. The van der Waals surface area contributed by atoms with Crippen LogP contribution in [0.15, 0.2) is 156 Å². The molecule has 9 aromatic carbocycles. The number of furan rings is 1. The van der Waals surface area contributed by atoms with Gasteiger partial charge in [-0.2, -0.15) is 0 Å². The second-order valence-corrected chi connectivity index (χ2v) is 12.1. The van der Waals surface area contributed by atoms with Crippen molar-refractivity contribution in [2.45, 2.75) is 0 Å². The molecule has 0 aliphatic rings. The number of hydrogen-bond acceptors (Lipinski definition) is 1. The third-order valence-corrected chi connectivity index (χ3v) is 9.70. The summed E-state index contributed by atoms with van der Waals surface area (Å²) >= 11 is 0. The van der Waals surface area contributed by atoms with E-state index in [2.05, 4.69) is 115 Å². The predicted octanol–water partition coefficient (Wildman–Crippen LogP) is 12.8. The standard InChI is InChI=1S/C44H25FO/c45-43-35-19-9-7-17-33(35)42(34-18-8-10-20-36(34)43)41-31-15-5-3-13-29(31)40(30-14-4-6-16-32(30)41)27-22-24-39-38(25-27)37-23-21-26-11-1-2-12-28(26)44(37)46-39/h1-25H. The van der Waals surface area contributed by atoms with E-state index in [9.17, 15) is 0 Å². The van der Waals surface area contributed by atoms with E-state index in [0.29, 0.717) is 10.8 Å². The predicted molar refractivity (Wildman–Crippen MR) is 192 cm³/mol. The van der Waals surface area contributed by atoms with Gasteiger partial charge in [-0.15, -0.1) is 0 Å². The van der Waals surface area contributed by atoms with Gasteiger partial charge in [-0.05, 0) is 78.2 Å². The van der Waals surface area contributed by atoms with E-state index in [1.807, 2.05) is 36.4 Å². The molecule has 0 amide bonds. The average Bonchev–Trinajstić information content (AvgIpc) is 3.50. The molecule has 0 aliphatic carbocycles. The molecule has 214 valence electrons. The highest BCUT2D eigenvalue weighted by atomic mass is 19.1. The molecule has 0 bridgehead atoms. The zero-order valence-corrected chi connectivity index (χ0v) is 24.7. The molecule has 1 heterocycles. The second kappa shape index (κ2) is 9.50. The van der Waals surface area contributed by atoms with Crippen molar-refractivity contribution < 1.29 is 8.81 Å². The highest BCUT2D eigenvalue weighted by Gasteiger charge is 2.22. The Labute approximate surface area is 263 Å². The molecule has 0 saturated carbocycles. The highest BCUT2D eigenvalue weighted by Crippen LogP contribution is 2.48. The van der Waals surface area contributed by atoms with Crippen molar-refractivity contribution >= 4 is 75.8 Å². The molecule has 0 atom stereocenters. The van der Waals surface area contributed by atoms with Crippen molar-refractivity contribution in [3.8, 4) is 22.3 Å². The molecule has 0 N–H and O–H groups in total. The molecular weight excluding hydrogens is 563 g/mol. The molecule has 0 aliphatic heterocycles. The quantitative estimate of drug-likeness (QED) is 0.183. The van der Waals surface area contributed by atoms with Crippen molar-refractivity contribution in [3.63, 3.8) is 0 Å². The lowest BCUT2D eigenvalue weighted by Crippen LogP contribution is -1.94. The first-order chi connectivity index (χ1) is 22.8. The molecule has 0 saturated heterocycles. The van der Waals surface area contributed by atoms with Gasteiger partial charge in [0.25, 0.3) is 0 Å². The monoisotopic (exact) mass is 588 g/mol. The zero-order chi connectivity index (χ0) is 30.4. The largest absolute Gasteiger partial charge is 0.455 e. The van der Waals surface area contributed by atoms with Gasteiger partial charge in [0.15, 0.2) is 0 Å². The molecule has 1 nitrogen and oxygen atoms in total. The van der Waals surface area contributed by atoms with Crippen LogP contribution in [0.25, 0.3) is 98.1 Å².